The number of benzene rings is 2. The van der Waals surface area contributed by atoms with Gasteiger partial charge in [0.1, 0.15) is 11.3 Å². The second kappa shape index (κ2) is 6.33. The average Bonchev–Trinajstić information content (AvgIpc) is 3.07. The van der Waals surface area contributed by atoms with Crippen molar-refractivity contribution in [2.45, 2.75) is 6.92 Å². The SMILES string of the molecule is Cc1ccccc1-c1nc2c(C(=O)N=c3ccccn3O)cccc2[nH]1. The molecule has 26 heavy (non-hydrogen) atoms. The fraction of sp³-hybridized carbons (Fsp3) is 0.0500. The predicted molar refractivity (Wildman–Crippen MR) is 97.8 cm³/mol. The van der Waals surface area contributed by atoms with E-state index in [-0.39, 0.29) is 5.49 Å². The van der Waals surface area contributed by atoms with Crippen LogP contribution in [-0.2, 0) is 0 Å². The highest BCUT2D eigenvalue weighted by molar-refractivity contribution is 6.05. The van der Waals surface area contributed by atoms with Gasteiger partial charge in [0.25, 0.3) is 5.91 Å². The molecule has 0 spiro atoms. The van der Waals surface area contributed by atoms with Crippen molar-refractivity contribution in [1.29, 1.82) is 0 Å². The van der Waals surface area contributed by atoms with E-state index in [1.807, 2.05) is 37.3 Å². The first-order valence-electron chi connectivity index (χ1n) is 8.14. The Bertz CT molecular complexity index is 1190. The molecule has 6 heteroatoms. The molecule has 2 heterocycles. The molecule has 6 nitrogen and oxygen atoms in total. The maximum absolute atomic E-state index is 12.6. The highest BCUT2D eigenvalue weighted by Crippen LogP contribution is 2.25. The molecule has 0 fully saturated rings. The zero-order valence-corrected chi connectivity index (χ0v) is 14.0. The molecule has 0 bridgehead atoms. The summed E-state index contributed by atoms with van der Waals surface area (Å²) in [6, 6.07) is 18.2. The van der Waals surface area contributed by atoms with Crippen molar-refractivity contribution in [1.82, 2.24) is 14.7 Å². The minimum atomic E-state index is -0.465. The highest BCUT2D eigenvalue weighted by Gasteiger charge is 2.14. The number of rotatable bonds is 2. The van der Waals surface area contributed by atoms with E-state index < -0.39 is 5.91 Å². The molecule has 4 aromatic rings. The molecule has 0 radical (unpaired) electrons. The van der Waals surface area contributed by atoms with Crippen LogP contribution in [0.2, 0.25) is 0 Å². The molecule has 4 rings (SSSR count). The zero-order valence-electron chi connectivity index (χ0n) is 14.0. The number of fused-ring (bicyclic) bond motifs is 1. The van der Waals surface area contributed by atoms with Gasteiger partial charge < -0.3 is 10.2 Å². The molecule has 2 aromatic heterocycles. The molecule has 0 aliphatic carbocycles. The van der Waals surface area contributed by atoms with Gasteiger partial charge in [-0.05, 0) is 36.8 Å². The summed E-state index contributed by atoms with van der Waals surface area (Å²) in [5, 5.41) is 9.75. The van der Waals surface area contributed by atoms with Gasteiger partial charge in [-0.3, -0.25) is 4.79 Å². The average molecular weight is 344 g/mol. The molecule has 0 unspecified atom stereocenters. The lowest BCUT2D eigenvalue weighted by Gasteiger charge is -2.00. The molecule has 0 atom stereocenters. The summed E-state index contributed by atoms with van der Waals surface area (Å²) in [6.45, 7) is 2.01. The van der Waals surface area contributed by atoms with Crippen molar-refractivity contribution >= 4 is 16.9 Å². The number of H-pyrrole nitrogens is 1. The van der Waals surface area contributed by atoms with Crippen molar-refractivity contribution in [3.63, 3.8) is 0 Å². The molecular formula is C20H16N4O2. The van der Waals surface area contributed by atoms with Gasteiger partial charge in [-0.2, -0.15) is 9.72 Å². The topological polar surface area (TPSA) is 83.3 Å². The molecule has 0 aliphatic heterocycles. The van der Waals surface area contributed by atoms with Crippen LogP contribution >= 0.6 is 0 Å². The second-order valence-corrected chi connectivity index (χ2v) is 5.92. The van der Waals surface area contributed by atoms with Crippen LogP contribution in [0.15, 0.2) is 71.9 Å². The third-order valence-electron chi connectivity index (χ3n) is 4.18. The normalized spacial score (nSPS) is 11.8. The molecule has 0 saturated heterocycles. The van der Waals surface area contributed by atoms with Crippen LogP contribution in [0.3, 0.4) is 0 Å². The monoisotopic (exact) mass is 344 g/mol. The third kappa shape index (κ3) is 2.77. The Kier molecular flexibility index (Phi) is 3.85. The number of pyridine rings is 1. The molecule has 0 aliphatic rings. The Balaban J connectivity index is 1.84. The van der Waals surface area contributed by atoms with E-state index in [4.69, 9.17) is 0 Å². The third-order valence-corrected chi connectivity index (χ3v) is 4.18. The number of hydrogen-bond acceptors (Lipinski definition) is 3. The van der Waals surface area contributed by atoms with Gasteiger partial charge in [0.2, 0.25) is 0 Å². The fourth-order valence-corrected chi connectivity index (χ4v) is 2.85. The first-order valence-corrected chi connectivity index (χ1v) is 8.14. The summed E-state index contributed by atoms with van der Waals surface area (Å²) in [5.74, 6) is 0.239. The molecular weight excluding hydrogens is 328 g/mol. The summed E-state index contributed by atoms with van der Waals surface area (Å²) in [6.07, 6.45) is 1.41. The van der Waals surface area contributed by atoms with Crippen molar-refractivity contribution in [2.24, 2.45) is 4.99 Å². The number of nitrogens with zero attached hydrogens (tertiary/aromatic N) is 3. The summed E-state index contributed by atoms with van der Waals surface area (Å²) in [4.78, 5) is 24.5. The van der Waals surface area contributed by atoms with Gasteiger partial charge in [-0.1, -0.05) is 36.4 Å². The summed E-state index contributed by atoms with van der Waals surface area (Å²) in [5.41, 5.74) is 3.92. The maximum Gasteiger partial charge on any atom is 0.281 e. The molecule has 128 valence electrons. The standard InChI is InChI=1S/C20H16N4O2/c1-13-7-2-3-8-14(13)19-21-16-10-6-9-15(18(16)23-19)20(25)22-17-11-4-5-12-24(17)26/h2-12,26H,1H3,(H,21,23). The van der Waals surface area contributed by atoms with E-state index in [0.717, 1.165) is 21.4 Å². The molecule has 0 saturated carbocycles. The number of nitrogens with one attached hydrogen (secondary N) is 1. The van der Waals surface area contributed by atoms with Crippen molar-refractivity contribution in [2.75, 3.05) is 0 Å². The van der Waals surface area contributed by atoms with Crippen LogP contribution in [0, 0.1) is 6.92 Å². The Hall–Kier alpha value is -3.67. The van der Waals surface area contributed by atoms with Crippen LogP contribution in [-0.4, -0.2) is 25.8 Å². The number of imidazole rings is 1. The minimum Gasteiger partial charge on any atom is -0.427 e. The first-order chi connectivity index (χ1) is 12.6. The lowest BCUT2D eigenvalue weighted by Crippen LogP contribution is -2.19. The van der Waals surface area contributed by atoms with Gasteiger partial charge in [0, 0.05) is 11.8 Å². The van der Waals surface area contributed by atoms with E-state index in [1.165, 1.54) is 6.20 Å². The Morgan fingerprint density at radius 1 is 1.08 bits per heavy atom. The van der Waals surface area contributed by atoms with Gasteiger partial charge in [0.15, 0.2) is 5.49 Å². The van der Waals surface area contributed by atoms with E-state index in [1.54, 1.807) is 30.3 Å². The lowest BCUT2D eigenvalue weighted by atomic mass is 10.1. The van der Waals surface area contributed by atoms with Crippen molar-refractivity contribution in [3.8, 4) is 11.4 Å². The summed E-state index contributed by atoms with van der Waals surface area (Å²) < 4.78 is 0.807. The summed E-state index contributed by atoms with van der Waals surface area (Å²) >= 11 is 0. The Morgan fingerprint density at radius 2 is 1.88 bits per heavy atom. The lowest BCUT2D eigenvalue weighted by molar-refractivity contribution is 0.0989. The van der Waals surface area contributed by atoms with Crippen LogP contribution < -0.4 is 5.49 Å². The van der Waals surface area contributed by atoms with Gasteiger partial charge >= 0.3 is 0 Å². The van der Waals surface area contributed by atoms with Gasteiger partial charge in [-0.15, -0.1) is 0 Å². The number of hydrogen-bond donors (Lipinski definition) is 2. The number of aromatic amines is 1. The number of para-hydroxylation sites is 1. The summed E-state index contributed by atoms with van der Waals surface area (Å²) in [7, 11) is 0. The Morgan fingerprint density at radius 3 is 2.69 bits per heavy atom. The van der Waals surface area contributed by atoms with Gasteiger partial charge in [0.05, 0.1) is 11.1 Å². The number of aromatic nitrogens is 3. The van der Waals surface area contributed by atoms with E-state index >= 15 is 0 Å². The second-order valence-electron chi connectivity index (χ2n) is 5.92. The minimum absolute atomic E-state index is 0.157. The van der Waals surface area contributed by atoms with E-state index in [2.05, 4.69) is 15.0 Å². The number of carbonyl (C=O) groups is 1. The number of amides is 1. The van der Waals surface area contributed by atoms with Crippen LogP contribution in [0.1, 0.15) is 15.9 Å². The highest BCUT2D eigenvalue weighted by atomic mass is 16.5. The fourth-order valence-electron chi connectivity index (χ4n) is 2.85. The zero-order chi connectivity index (χ0) is 18.1. The van der Waals surface area contributed by atoms with Crippen molar-refractivity contribution in [3.05, 3.63) is 83.5 Å². The molecule has 2 N–H and O–H groups in total. The maximum atomic E-state index is 12.6. The van der Waals surface area contributed by atoms with Crippen molar-refractivity contribution < 1.29 is 10.0 Å². The number of carbonyl (C=O) groups excluding carboxylic acids is 1. The van der Waals surface area contributed by atoms with E-state index in [9.17, 15) is 10.0 Å². The first kappa shape index (κ1) is 15.8. The molecule has 2 aromatic carbocycles. The van der Waals surface area contributed by atoms with Crippen LogP contribution in [0.4, 0.5) is 0 Å². The van der Waals surface area contributed by atoms with E-state index in [0.29, 0.717) is 16.9 Å². The quantitative estimate of drug-likeness (QED) is 0.547. The molecule has 1 amide bonds. The number of aryl methyl sites for hydroxylation is 1. The van der Waals surface area contributed by atoms with Crippen LogP contribution in [0.5, 0.6) is 0 Å². The van der Waals surface area contributed by atoms with Gasteiger partial charge in [-0.25, -0.2) is 4.98 Å². The smallest absolute Gasteiger partial charge is 0.281 e. The van der Waals surface area contributed by atoms with Crippen LogP contribution in [0.25, 0.3) is 22.4 Å². The largest absolute Gasteiger partial charge is 0.427 e. The Labute approximate surface area is 149 Å². The predicted octanol–water partition coefficient (Wildman–Crippen LogP) is 3.32.